The second kappa shape index (κ2) is 5.75. The summed E-state index contributed by atoms with van der Waals surface area (Å²) in [6.45, 7) is 1.37. The number of fused-ring (bicyclic) bond motifs is 1. The lowest BCUT2D eigenvalue weighted by molar-refractivity contribution is 0.185. The van der Waals surface area contributed by atoms with Crippen molar-refractivity contribution in [2.75, 3.05) is 12.4 Å². The van der Waals surface area contributed by atoms with Crippen molar-refractivity contribution in [2.45, 2.75) is 13.2 Å². The highest BCUT2D eigenvalue weighted by Gasteiger charge is 2.05. The maximum atomic E-state index is 5.22. The Kier molecular flexibility index (Phi) is 3.65. The van der Waals surface area contributed by atoms with E-state index >= 15 is 0 Å². The Morgan fingerprint density at radius 1 is 1.15 bits per heavy atom. The first kappa shape index (κ1) is 12.7. The predicted octanol–water partition coefficient (Wildman–Crippen LogP) is 3.32. The molecular weight excluding hydrogens is 250 g/mol. The van der Waals surface area contributed by atoms with Gasteiger partial charge in [0.1, 0.15) is 5.65 Å². The summed E-state index contributed by atoms with van der Waals surface area (Å²) >= 11 is 0. The SMILES string of the molecule is COCc1ccccc1NCc1c[nH]c2ncccc12. The van der Waals surface area contributed by atoms with Gasteiger partial charge in [-0.3, -0.25) is 0 Å². The third-order valence-electron chi connectivity index (χ3n) is 3.32. The maximum absolute atomic E-state index is 5.22. The minimum absolute atomic E-state index is 0.610. The van der Waals surface area contributed by atoms with Gasteiger partial charge in [0.05, 0.1) is 6.61 Å². The van der Waals surface area contributed by atoms with Gasteiger partial charge in [0.25, 0.3) is 0 Å². The third kappa shape index (κ3) is 2.51. The zero-order chi connectivity index (χ0) is 13.8. The highest BCUT2D eigenvalue weighted by atomic mass is 16.5. The van der Waals surface area contributed by atoms with E-state index in [0.717, 1.165) is 28.8 Å². The highest BCUT2D eigenvalue weighted by molar-refractivity contribution is 5.79. The summed E-state index contributed by atoms with van der Waals surface area (Å²) < 4.78 is 5.22. The Morgan fingerprint density at radius 3 is 2.95 bits per heavy atom. The lowest BCUT2D eigenvalue weighted by atomic mass is 10.1. The zero-order valence-corrected chi connectivity index (χ0v) is 11.4. The van der Waals surface area contributed by atoms with Crippen molar-refractivity contribution in [3.8, 4) is 0 Å². The molecule has 3 rings (SSSR count). The molecule has 4 nitrogen and oxygen atoms in total. The Bertz CT molecular complexity index is 706. The van der Waals surface area contributed by atoms with Gasteiger partial charge in [-0.25, -0.2) is 4.98 Å². The highest BCUT2D eigenvalue weighted by Crippen LogP contribution is 2.20. The summed E-state index contributed by atoms with van der Waals surface area (Å²) in [5, 5.41) is 4.62. The smallest absolute Gasteiger partial charge is 0.137 e. The van der Waals surface area contributed by atoms with Gasteiger partial charge in [0, 0.05) is 42.7 Å². The van der Waals surface area contributed by atoms with Gasteiger partial charge >= 0.3 is 0 Å². The molecule has 0 spiro atoms. The van der Waals surface area contributed by atoms with E-state index in [2.05, 4.69) is 33.5 Å². The van der Waals surface area contributed by atoms with E-state index in [1.807, 2.05) is 24.4 Å². The number of H-pyrrole nitrogens is 1. The molecule has 0 saturated heterocycles. The summed E-state index contributed by atoms with van der Waals surface area (Å²) in [5.74, 6) is 0. The minimum atomic E-state index is 0.610. The molecule has 0 bridgehead atoms. The number of aromatic amines is 1. The molecular formula is C16H17N3O. The van der Waals surface area contributed by atoms with E-state index in [1.54, 1.807) is 13.3 Å². The Morgan fingerprint density at radius 2 is 2.05 bits per heavy atom. The first-order valence-electron chi connectivity index (χ1n) is 6.60. The molecule has 0 radical (unpaired) electrons. The average molecular weight is 267 g/mol. The number of rotatable bonds is 5. The van der Waals surface area contributed by atoms with Crippen LogP contribution in [0.3, 0.4) is 0 Å². The molecule has 102 valence electrons. The largest absolute Gasteiger partial charge is 0.381 e. The molecule has 1 aromatic carbocycles. The number of ether oxygens (including phenoxy) is 1. The molecule has 20 heavy (non-hydrogen) atoms. The van der Waals surface area contributed by atoms with Crippen LogP contribution in [0.5, 0.6) is 0 Å². The number of methoxy groups -OCH3 is 1. The van der Waals surface area contributed by atoms with Crippen LogP contribution in [0.1, 0.15) is 11.1 Å². The van der Waals surface area contributed by atoms with Gasteiger partial charge in [-0.2, -0.15) is 0 Å². The van der Waals surface area contributed by atoms with Gasteiger partial charge < -0.3 is 15.0 Å². The fraction of sp³-hybridized carbons (Fsp3) is 0.188. The molecule has 2 heterocycles. The molecule has 0 saturated carbocycles. The van der Waals surface area contributed by atoms with Crippen LogP contribution in [0, 0.1) is 0 Å². The number of pyridine rings is 1. The number of nitrogens with zero attached hydrogens (tertiary/aromatic N) is 1. The van der Waals surface area contributed by atoms with E-state index in [9.17, 15) is 0 Å². The van der Waals surface area contributed by atoms with Crippen LogP contribution in [0.25, 0.3) is 11.0 Å². The van der Waals surface area contributed by atoms with Crippen LogP contribution in [0.4, 0.5) is 5.69 Å². The average Bonchev–Trinajstić information content (AvgIpc) is 2.90. The van der Waals surface area contributed by atoms with E-state index < -0.39 is 0 Å². The molecule has 0 aliphatic rings. The fourth-order valence-electron chi connectivity index (χ4n) is 2.32. The fourth-order valence-corrected chi connectivity index (χ4v) is 2.32. The number of para-hydroxylation sites is 1. The molecule has 2 aromatic heterocycles. The van der Waals surface area contributed by atoms with Crippen LogP contribution < -0.4 is 5.32 Å². The number of nitrogens with one attached hydrogen (secondary N) is 2. The van der Waals surface area contributed by atoms with Crippen molar-refractivity contribution in [1.82, 2.24) is 9.97 Å². The maximum Gasteiger partial charge on any atom is 0.137 e. The standard InChI is InChI=1S/C16H17N3O/c1-20-11-12-5-2-3-7-15(12)18-9-13-10-19-16-14(13)6-4-8-17-16/h2-8,10,18H,9,11H2,1H3,(H,17,19). The first-order chi connectivity index (χ1) is 9.88. The summed E-state index contributed by atoms with van der Waals surface area (Å²) in [5.41, 5.74) is 4.40. The van der Waals surface area contributed by atoms with Crippen molar-refractivity contribution in [3.63, 3.8) is 0 Å². The van der Waals surface area contributed by atoms with Gasteiger partial charge in [-0.05, 0) is 23.8 Å². The lowest BCUT2D eigenvalue weighted by Gasteiger charge is -2.11. The lowest BCUT2D eigenvalue weighted by Crippen LogP contribution is -2.02. The molecule has 0 atom stereocenters. The minimum Gasteiger partial charge on any atom is -0.381 e. The summed E-state index contributed by atoms with van der Waals surface area (Å²) in [7, 11) is 1.71. The van der Waals surface area contributed by atoms with Crippen LogP contribution in [0.2, 0.25) is 0 Å². The zero-order valence-electron chi connectivity index (χ0n) is 11.4. The van der Waals surface area contributed by atoms with Crippen molar-refractivity contribution in [2.24, 2.45) is 0 Å². The molecule has 0 fully saturated rings. The summed E-state index contributed by atoms with van der Waals surface area (Å²) in [6.07, 6.45) is 3.80. The van der Waals surface area contributed by atoms with Crippen LogP contribution >= 0.6 is 0 Å². The topological polar surface area (TPSA) is 49.9 Å². The molecule has 3 aromatic rings. The van der Waals surface area contributed by atoms with Gasteiger partial charge in [0.15, 0.2) is 0 Å². The Labute approximate surface area is 117 Å². The quantitative estimate of drug-likeness (QED) is 0.745. The summed E-state index contributed by atoms with van der Waals surface area (Å²) in [4.78, 5) is 7.49. The summed E-state index contributed by atoms with van der Waals surface area (Å²) in [6, 6.07) is 12.2. The van der Waals surface area contributed by atoms with E-state index in [1.165, 1.54) is 5.56 Å². The van der Waals surface area contributed by atoms with Crippen LogP contribution in [-0.2, 0) is 17.9 Å². The number of hydrogen-bond donors (Lipinski definition) is 2. The molecule has 4 heteroatoms. The van der Waals surface area contributed by atoms with Crippen LogP contribution in [-0.4, -0.2) is 17.1 Å². The van der Waals surface area contributed by atoms with Crippen LogP contribution in [0.15, 0.2) is 48.8 Å². The second-order valence-corrected chi connectivity index (χ2v) is 4.66. The normalized spacial score (nSPS) is 10.8. The molecule has 0 unspecified atom stereocenters. The van der Waals surface area contributed by atoms with Gasteiger partial charge in [0.2, 0.25) is 0 Å². The Hall–Kier alpha value is -2.33. The second-order valence-electron chi connectivity index (χ2n) is 4.66. The number of benzene rings is 1. The number of hydrogen-bond acceptors (Lipinski definition) is 3. The predicted molar refractivity (Wildman–Crippen MR) is 80.6 cm³/mol. The third-order valence-corrected chi connectivity index (χ3v) is 3.32. The Balaban J connectivity index is 1.80. The molecule has 0 aliphatic heterocycles. The number of anilines is 1. The molecule has 0 amide bonds. The molecule has 0 aliphatic carbocycles. The molecule has 2 N–H and O–H groups in total. The van der Waals surface area contributed by atoms with E-state index in [4.69, 9.17) is 4.74 Å². The van der Waals surface area contributed by atoms with Crippen molar-refractivity contribution in [1.29, 1.82) is 0 Å². The van der Waals surface area contributed by atoms with Crippen molar-refractivity contribution >= 4 is 16.7 Å². The first-order valence-corrected chi connectivity index (χ1v) is 6.60. The van der Waals surface area contributed by atoms with Crippen molar-refractivity contribution < 1.29 is 4.74 Å². The monoisotopic (exact) mass is 267 g/mol. The number of aromatic nitrogens is 2. The van der Waals surface area contributed by atoms with E-state index in [0.29, 0.717) is 6.61 Å². The van der Waals surface area contributed by atoms with Gasteiger partial charge in [-0.1, -0.05) is 18.2 Å². The van der Waals surface area contributed by atoms with Gasteiger partial charge in [-0.15, -0.1) is 0 Å². The van der Waals surface area contributed by atoms with E-state index in [-0.39, 0.29) is 0 Å². The van der Waals surface area contributed by atoms with Crippen molar-refractivity contribution in [3.05, 3.63) is 59.9 Å².